The molecule has 33 heavy (non-hydrogen) atoms. The van der Waals surface area contributed by atoms with Crippen molar-refractivity contribution in [1.29, 1.82) is 5.26 Å². The van der Waals surface area contributed by atoms with E-state index in [4.69, 9.17) is 9.84 Å². The van der Waals surface area contributed by atoms with Crippen molar-refractivity contribution in [3.8, 4) is 23.7 Å². The summed E-state index contributed by atoms with van der Waals surface area (Å²) < 4.78 is 5.56. The zero-order valence-electron chi connectivity index (χ0n) is 17.5. The van der Waals surface area contributed by atoms with E-state index in [1.807, 2.05) is 41.3 Å². The van der Waals surface area contributed by atoms with Crippen molar-refractivity contribution < 1.29 is 19.4 Å². The molecule has 0 saturated carbocycles. The molecule has 1 aliphatic heterocycles. The minimum absolute atomic E-state index is 0.156. The molecule has 0 radical (unpaired) electrons. The van der Waals surface area contributed by atoms with E-state index in [0.717, 1.165) is 11.3 Å². The Bertz CT molecular complexity index is 1320. The number of carbonyl (C=O) groups excluding carboxylic acids is 1. The monoisotopic (exact) mass is 437 g/mol. The summed E-state index contributed by atoms with van der Waals surface area (Å²) in [6, 6.07) is 21.9. The first kappa shape index (κ1) is 21.5. The highest BCUT2D eigenvalue weighted by Crippen LogP contribution is 2.39. The predicted molar refractivity (Wildman–Crippen MR) is 123 cm³/mol. The number of fused-ring (bicyclic) bond motifs is 1. The van der Waals surface area contributed by atoms with E-state index in [2.05, 4.69) is 23.2 Å². The minimum Gasteiger partial charge on any atom is -0.481 e. The summed E-state index contributed by atoms with van der Waals surface area (Å²) in [4.78, 5) is 25.4. The average Bonchev–Trinajstić information content (AvgIpc) is 2.99. The Morgan fingerprint density at radius 1 is 1.06 bits per heavy atom. The molecule has 7 heteroatoms. The van der Waals surface area contributed by atoms with Gasteiger partial charge in [-0.25, -0.2) is 4.79 Å². The van der Waals surface area contributed by atoms with Gasteiger partial charge >= 0.3 is 5.97 Å². The van der Waals surface area contributed by atoms with Crippen LogP contribution in [0, 0.1) is 23.2 Å². The number of anilines is 3. The quantitative estimate of drug-likeness (QED) is 0.600. The topological polar surface area (TPSA) is 103 Å². The Balaban J connectivity index is 1.83. The van der Waals surface area contributed by atoms with Gasteiger partial charge in [0.2, 0.25) is 5.91 Å². The summed E-state index contributed by atoms with van der Waals surface area (Å²) in [5, 5.41) is 21.3. The maximum absolute atomic E-state index is 12.4. The van der Waals surface area contributed by atoms with Gasteiger partial charge in [-0.1, -0.05) is 36.1 Å². The van der Waals surface area contributed by atoms with Crippen molar-refractivity contribution in [2.75, 3.05) is 23.4 Å². The second kappa shape index (κ2) is 9.59. The minimum atomic E-state index is -1.11. The Morgan fingerprint density at radius 2 is 1.85 bits per heavy atom. The fourth-order valence-corrected chi connectivity index (χ4v) is 3.47. The summed E-state index contributed by atoms with van der Waals surface area (Å²) in [5.41, 5.74) is 3.62. The number of nitrogens with one attached hydrogen (secondary N) is 1. The van der Waals surface area contributed by atoms with E-state index < -0.39 is 12.6 Å². The molecule has 3 aromatic carbocycles. The molecule has 4 rings (SSSR count). The Labute approximate surface area is 190 Å². The van der Waals surface area contributed by atoms with Crippen LogP contribution in [0.1, 0.15) is 23.1 Å². The summed E-state index contributed by atoms with van der Waals surface area (Å²) in [6.45, 7) is -0.157. The number of carboxylic acids is 1. The summed E-state index contributed by atoms with van der Waals surface area (Å²) in [6.07, 6.45) is 0.238. The molecule has 3 aromatic rings. The van der Waals surface area contributed by atoms with Crippen molar-refractivity contribution in [1.82, 2.24) is 0 Å². The molecule has 162 valence electrons. The molecule has 0 spiro atoms. The van der Waals surface area contributed by atoms with Crippen molar-refractivity contribution in [2.24, 2.45) is 0 Å². The molecular weight excluding hydrogens is 418 g/mol. The first-order chi connectivity index (χ1) is 16.0. The third-order valence-electron chi connectivity index (χ3n) is 4.98. The highest BCUT2D eigenvalue weighted by atomic mass is 16.5. The molecule has 7 nitrogen and oxygen atoms in total. The van der Waals surface area contributed by atoms with Gasteiger partial charge in [0.25, 0.3) is 0 Å². The SMILES string of the molecule is N#Cc1cccc(N2CCC(=O)Nc3cc(C#Cc4ccccc4)c(OCC(=O)O)cc32)c1. The number of hydrogen-bond donors (Lipinski definition) is 2. The fourth-order valence-electron chi connectivity index (χ4n) is 3.47. The number of rotatable bonds is 4. The van der Waals surface area contributed by atoms with Crippen LogP contribution in [-0.2, 0) is 9.59 Å². The molecule has 0 fully saturated rings. The van der Waals surface area contributed by atoms with Gasteiger partial charge in [-0.15, -0.1) is 0 Å². The van der Waals surface area contributed by atoms with Crippen LogP contribution < -0.4 is 15.0 Å². The number of nitrogens with zero attached hydrogens (tertiary/aromatic N) is 2. The van der Waals surface area contributed by atoms with Gasteiger partial charge in [-0.3, -0.25) is 4.79 Å². The van der Waals surface area contributed by atoms with Gasteiger partial charge in [0.15, 0.2) is 6.61 Å². The lowest BCUT2D eigenvalue weighted by atomic mass is 10.1. The number of ether oxygens (including phenoxy) is 1. The molecule has 1 aliphatic rings. The van der Waals surface area contributed by atoms with Crippen molar-refractivity contribution >= 4 is 28.9 Å². The number of carboxylic acid groups (broad SMARTS) is 1. The molecule has 0 saturated heterocycles. The molecular formula is C26H19N3O4. The summed E-state index contributed by atoms with van der Waals surface area (Å²) >= 11 is 0. The predicted octanol–water partition coefficient (Wildman–Crippen LogP) is 3.90. The van der Waals surface area contributed by atoms with Gasteiger partial charge in [-0.05, 0) is 36.4 Å². The van der Waals surface area contributed by atoms with Crippen LogP contribution in [0.4, 0.5) is 17.1 Å². The van der Waals surface area contributed by atoms with Gasteiger partial charge in [0.1, 0.15) is 5.75 Å². The molecule has 2 N–H and O–H groups in total. The molecule has 1 amide bonds. The lowest BCUT2D eigenvalue weighted by molar-refractivity contribution is -0.139. The van der Waals surface area contributed by atoms with Gasteiger partial charge in [0, 0.05) is 30.3 Å². The van der Waals surface area contributed by atoms with E-state index in [0.29, 0.717) is 29.0 Å². The Kier molecular flexibility index (Phi) is 6.24. The van der Waals surface area contributed by atoms with Crippen LogP contribution in [0.2, 0.25) is 0 Å². The van der Waals surface area contributed by atoms with Crippen LogP contribution in [0.25, 0.3) is 0 Å². The van der Waals surface area contributed by atoms with Gasteiger partial charge in [0.05, 0.1) is 28.6 Å². The zero-order valence-corrected chi connectivity index (χ0v) is 17.5. The number of nitriles is 1. The first-order valence-electron chi connectivity index (χ1n) is 10.2. The highest BCUT2D eigenvalue weighted by Gasteiger charge is 2.23. The molecule has 0 unspecified atom stereocenters. The zero-order chi connectivity index (χ0) is 23.2. The fraction of sp³-hybridized carbons (Fsp3) is 0.115. The second-order valence-corrected chi connectivity index (χ2v) is 7.28. The summed E-state index contributed by atoms with van der Waals surface area (Å²) in [5.74, 6) is 5.09. The average molecular weight is 437 g/mol. The van der Waals surface area contributed by atoms with Crippen LogP contribution in [-0.4, -0.2) is 30.1 Å². The molecule has 0 bridgehead atoms. The van der Waals surface area contributed by atoms with Crippen LogP contribution in [0.15, 0.2) is 66.7 Å². The molecule has 0 aliphatic carbocycles. The van der Waals surface area contributed by atoms with E-state index in [1.165, 1.54) is 0 Å². The van der Waals surface area contributed by atoms with Gasteiger partial charge < -0.3 is 20.1 Å². The third kappa shape index (κ3) is 5.12. The van der Waals surface area contributed by atoms with E-state index >= 15 is 0 Å². The van der Waals surface area contributed by atoms with Crippen LogP contribution in [0.5, 0.6) is 5.75 Å². The second-order valence-electron chi connectivity index (χ2n) is 7.28. The largest absolute Gasteiger partial charge is 0.481 e. The van der Waals surface area contributed by atoms with Gasteiger partial charge in [-0.2, -0.15) is 5.26 Å². The van der Waals surface area contributed by atoms with E-state index in [1.54, 1.807) is 30.3 Å². The number of hydrogen-bond acceptors (Lipinski definition) is 5. The van der Waals surface area contributed by atoms with E-state index in [9.17, 15) is 14.9 Å². The molecule has 1 heterocycles. The number of amides is 1. The molecule has 0 aromatic heterocycles. The van der Waals surface area contributed by atoms with Crippen molar-refractivity contribution in [2.45, 2.75) is 6.42 Å². The Morgan fingerprint density at radius 3 is 2.61 bits per heavy atom. The van der Waals surface area contributed by atoms with Crippen LogP contribution in [0.3, 0.4) is 0 Å². The number of aliphatic carboxylic acids is 1. The lowest BCUT2D eigenvalue weighted by Crippen LogP contribution is -2.19. The van der Waals surface area contributed by atoms with Crippen molar-refractivity contribution in [3.63, 3.8) is 0 Å². The Hall–Kier alpha value is -4.75. The first-order valence-corrected chi connectivity index (χ1v) is 10.2. The number of benzene rings is 3. The maximum Gasteiger partial charge on any atom is 0.341 e. The smallest absolute Gasteiger partial charge is 0.341 e. The lowest BCUT2D eigenvalue weighted by Gasteiger charge is -2.25. The van der Waals surface area contributed by atoms with E-state index in [-0.39, 0.29) is 18.1 Å². The maximum atomic E-state index is 12.4. The highest BCUT2D eigenvalue weighted by molar-refractivity contribution is 5.98. The third-order valence-corrected chi connectivity index (χ3v) is 4.98. The standard InChI is InChI=1S/C26H19N3O4/c27-16-19-7-4-8-21(13-19)29-12-11-25(30)28-22-14-20(10-9-18-5-2-1-3-6-18)24(15-23(22)29)33-17-26(31)32/h1-8,13-15H,11-12,17H2,(H,28,30)(H,31,32). The van der Waals surface area contributed by atoms with Crippen molar-refractivity contribution in [3.05, 3.63) is 83.4 Å². The number of carbonyl (C=O) groups is 2. The molecule has 0 atom stereocenters. The van der Waals surface area contributed by atoms with Crippen LogP contribution >= 0.6 is 0 Å². The normalized spacial score (nSPS) is 12.3. The summed E-state index contributed by atoms with van der Waals surface area (Å²) in [7, 11) is 0.